The maximum absolute atomic E-state index is 12.0. The number of carbonyl (C=O) groups is 2. The second kappa shape index (κ2) is 16.0. The Labute approximate surface area is 162 Å². The van der Waals surface area contributed by atoms with Crippen LogP contribution in [0.2, 0.25) is 0 Å². The second-order valence-electron chi connectivity index (χ2n) is 6.75. The first kappa shape index (κ1) is 24.8. The van der Waals surface area contributed by atoms with Gasteiger partial charge in [-0.25, -0.2) is 0 Å². The van der Waals surface area contributed by atoms with Crippen molar-refractivity contribution in [3.8, 4) is 0 Å². The lowest BCUT2D eigenvalue weighted by Gasteiger charge is -2.20. The SMILES string of the molecule is CCCCCCCCCCCCSC(=O)SC(C)(C)C(=O)OCCO. The highest BCUT2D eigenvalue weighted by Crippen LogP contribution is 2.32. The first-order valence-electron chi connectivity index (χ1n) is 9.58. The Bertz CT molecular complexity index is 359. The predicted octanol–water partition coefficient (Wildman–Crippen LogP) is 5.81. The van der Waals surface area contributed by atoms with Gasteiger partial charge in [-0.1, -0.05) is 88.2 Å². The summed E-state index contributed by atoms with van der Waals surface area (Å²) in [6, 6.07) is 0. The van der Waals surface area contributed by atoms with Gasteiger partial charge in [0.25, 0.3) is 0 Å². The highest BCUT2D eigenvalue weighted by Gasteiger charge is 2.33. The number of hydrogen-bond donors (Lipinski definition) is 1. The quantitative estimate of drug-likeness (QED) is 0.280. The summed E-state index contributed by atoms with van der Waals surface area (Å²) in [5.74, 6) is 0.351. The van der Waals surface area contributed by atoms with E-state index in [1.165, 1.54) is 69.5 Å². The van der Waals surface area contributed by atoms with E-state index < -0.39 is 10.7 Å². The van der Waals surface area contributed by atoms with Crippen LogP contribution < -0.4 is 0 Å². The maximum atomic E-state index is 12.0. The summed E-state index contributed by atoms with van der Waals surface area (Å²) in [6.45, 7) is 5.37. The van der Waals surface area contributed by atoms with Crippen LogP contribution in [0.15, 0.2) is 0 Å². The van der Waals surface area contributed by atoms with E-state index in [9.17, 15) is 9.59 Å². The Morgan fingerprint density at radius 3 is 1.96 bits per heavy atom. The van der Waals surface area contributed by atoms with Crippen molar-refractivity contribution >= 4 is 33.9 Å². The molecule has 0 bridgehead atoms. The zero-order valence-electron chi connectivity index (χ0n) is 16.2. The van der Waals surface area contributed by atoms with E-state index in [0.29, 0.717) is 0 Å². The molecule has 0 aliphatic rings. The van der Waals surface area contributed by atoms with Gasteiger partial charge in [0.1, 0.15) is 11.4 Å². The fourth-order valence-corrected chi connectivity index (χ4v) is 4.52. The minimum Gasteiger partial charge on any atom is -0.462 e. The summed E-state index contributed by atoms with van der Waals surface area (Å²) in [5, 5.41) is 8.68. The Hall–Kier alpha value is -0.200. The van der Waals surface area contributed by atoms with E-state index in [0.717, 1.165) is 23.9 Å². The summed E-state index contributed by atoms with van der Waals surface area (Å²) in [5.41, 5.74) is 0. The lowest BCUT2D eigenvalue weighted by atomic mass is 10.1. The largest absolute Gasteiger partial charge is 0.462 e. The normalized spacial score (nSPS) is 11.5. The number of rotatable bonds is 15. The minimum absolute atomic E-state index is 0.0250. The van der Waals surface area contributed by atoms with Crippen LogP contribution in [0.25, 0.3) is 0 Å². The van der Waals surface area contributed by atoms with Gasteiger partial charge in [-0.05, 0) is 20.3 Å². The van der Waals surface area contributed by atoms with Crippen LogP contribution in [0.3, 0.4) is 0 Å². The number of ether oxygens (including phenoxy) is 1. The van der Waals surface area contributed by atoms with Crippen molar-refractivity contribution in [3.05, 3.63) is 0 Å². The molecule has 0 aliphatic heterocycles. The molecule has 6 heteroatoms. The number of aliphatic hydroxyl groups is 1. The smallest absolute Gasteiger partial charge is 0.322 e. The standard InChI is InChI=1S/C19H36O4S2/c1-4-5-6-7-8-9-10-11-12-13-16-24-18(22)25-19(2,3)17(21)23-15-14-20/h20H,4-16H2,1-3H3. The monoisotopic (exact) mass is 392 g/mol. The van der Waals surface area contributed by atoms with Gasteiger partial charge >= 0.3 is 5.97 Å². The number of aliphatic hydroxyl groups excluding tert-OH is 1. The molecular formula is C19H36O4S2. The van der Waals surface area contributed by atoms with E-state index >= 15 is 0 Å². The van der Waals surface area contributed by atoms with Gasteiger partial charge < -0.3 is 9.84 Å². The Balaban J connectivity index is 3.59. The summed E-state index contributed by atoms with van der Waals surface area (Å²) < 4.78 is 3.95. The number of esters is 1. The van der Waals surface area contributed by atoms with Crippen molar-refractivity contribution < 1.29 is 19.4 Å². The van der Waals surface area contributed by atoms with Crippen molar-refractivity contribution in [2.75, 3.05) is 19.0 Å². The molecule has 0 aliphatic carbocycles. The van der Waals surface area contributed by atoms with Crippen molar-refractivity contribution in [1.29, 1.82) is 0 Å². The first-order chi connectivity index (χ1) is 11.9. The molecular weight excluding hydrogens is 356 g/mol. The fraction of sp³-hybridized carbons (Fsp3) is 0.895. The van der Waals surface area contributed by atoms with E-state index in [1.807, 2.05) is 0 Å². The molecule has 0 heterocycles. The molecule has 1 N–H and O–H groups in total. The van der Waals surface area contributed by atoms with Crippen molar-refractivity contribution in [3.63, 3.8) is 0 Å². The minimum atomic E-state index is -0.906. The predicted molar refractivity (Wildman–Crippen MR) is 109 cm³/mol. The average Bonchev–Trinajstić information content (AvgIpc) is 2.57. The van der Waals surface area contributed by atoms with Gasteiger partial charge in [0.2, 0.25) is 4.45 Å². The third-order valence-corrected chi connectivity index (χ3v) is 6.05. The van der Waals surface area contributed by atoms with Crippen LogP contribution in [0.1, 0.15) is 85.0 Å². The third kappa shape index (κ3) is 14.6. The topological polar surface area (TPSA) is 63.6 Å². The molecule has 4 nitrogen and oxygen atoms in total. The molecule has 0 atom stereocenters. The van der Waals surface area contributed by atoms with E-state index in [1.54, 1.807) is 13.8 Å². The number of hydrogen-bond acceptors (Lipinski definition) is 6. The molecule has 0 fully saturated rings. The maximum Gasteiger partial charge on any atom is 0.322 e. The first-order valence-corrected chi connectivity index (χ1v) is 11.4. The van der Waals surface area contributed by atoms with E-state index in [2.05, 4.69) is 6.92 Å². The number of carbonyl (C=O) groups excluding carboxylic acids is 2. The molecule has 0 radical (unpaired) electrons. The van der Waals surface area contributed by atoms with Gasteiger partial charge in [0, 0.05) is 5.75 Å². The average molecular weight is 393 g/mol. The van der Waals surface area contributed by atoms with Crippen LogP contribution in [0.4, 0.5) is 4.79 Å². The van der Waals surface area contributed by atoms with Crippen molar-refractivity contribution in [1.82, 2.24) is 0 Å². The third-order valence-electron chi connectivity index (χ3n) is 3.87. The van der Waals surface area contributed by atoms with Crippen molar-refractivity contribution in [2.24, 2.45) is 0 Å². The number of thioether (sulfide) groups is 2. The highest BCUT2D eigenvalue weighted by atomic mass is 32.2. The van der Waals surface area contributed by atoms with Crippen LogP contribution >= 0.6 is 23.5 Å². The molecule has 0 saturated heterocycles. The summed E-state index contributed by atoms with van der Waals surface area (Å²) in [6.07, 6.45) is 12.8. The van der Waals surface area contributed by atoms with Crippen LogP contribution in [-0.2, 0) is 9.53 Å². The van der Waals surface area contributed by atoms with Crippen LogP contribution in [0, 0.1) is 0 Å². The zero-order chi connectivity index (χ0) is 19.0. The van der Waals surface area contributed by atoms with E-state index in [4.69, 9.17) is 9.84 Å². The van der Waals surface area contributed by atoms with Gasteiger partial charge in [0.05, 0.1) is 6.61 Å². The van der Waals surface area contributed by atoms with E-state index in [-0.39, 0.29) is 17.7 Å². The van der Waals surface area contributed by atoms with Gasteiger partial charge in [-0.15, -0.1) is 0 Å². The summed E-state index contributed by atoms with van der Waals surface area (Å²) >= 11 is 2.30. The molecule has 0 amide bonds. The molecule has 148 valence electrons. The molecule has 0 saturated carbocycles. The summed E-state index contributed by atoms with van der Waals surface area (Å²) in [7, 11) is 0. The fourth-order valence-electron chi connectivity index (χ4n) is 2.34. The lowest BCUT2D eigenvalue weighted by Crippen LogP contribution is -2.31. The molecule has 0 aromatic rings. The lowest BCUT2D eigenvalue weighted by molar-refractivity contribution is -0.146. The molecule has 0 aromatic carbocycles. The van der Waals surface area contributed by atoms with Gasteiger partial charge in [0.15, 0.2) is 0 Å². The number of unbranched alkanes of at least 4 members (excludes halogenated alkanes) is 9. The van der Waals surface area contributed by atoms with Gasteiger partial charge in [-0.3, -0.25) is 9.59 Å². The molecule has 0 aromatic heterocycles. The zero-order valence-corrected chi connectivity index (χ0v) is 17.8. The molecule has 0 spiro atoms. The molecule has 25 heavy (non-hydrogen) atoms. The Morgan fingerprint density at radius 2 is 1.44 bits per heavy atom. The van der Waals surface area contributed by atoms with Crippen LogP contribution in [0.5, 0.6) is 0 Å². The molecule has 0 rings (SSSR count). The summed E-state index contributed by atoms with van der Waals surface area (Å²) in [4.78, 5) is 23.8. The second-order valence-corrected chi connectivity index (χ2v) is 9.67. The highest BCUT2D eigenvalue weighted by molar-refractivity contribution is 8.39. The Morgan fingerprint density at radius 1 is 0.920 bits per heavy atom. The van der Waals surface area contributed by atoms with Crippen LogP contribution in [-0.4, -0.2) is 39.2 Å². The van der Waals surface area contributed by atoms with Crippen molar-refractivity contribution in [2.45, 2.75) is 89.7 Å². The molecule has 0 unspecified atom stereocenters. The Kier molecular flexibility index (Phi) is 15.9. The van der Waals surface area contributed by atoms with Gasteiger partial charge in [-0.2, -0.15) is 0 Å².